The molecule has 3 aliphatic heterocycles. The lowest BCUT2D eigenvalue weighted by molar-refractivity contribution is -0.107. The molecule has 4 fully saturated rings. The Balaban J connectivity index is 1.15. The molecule has 0 unspecified atom stereocenters. The first kappa shape index (κ1) is 25.1. The monoisotopic (exact) mass is 535 g/mol. The maximum atomic E-state index is 14.9. The van der Waals surface area contributed by atoms with E-state index in [1.165, 1.54) is 0 Å². The third-order valence-electron chi connectivity index (χ3n) is 8.81. The zero-order valence-electron chi connectivity index (χ0n) is 21.4. The summed E-state index contributed by atoms with van der Waals surface area (Å²) in [5.74, 6) is -1.70. The van der Waals surface area contributed by atoms with Gasteiger partial charge in [0.05, 0.1) is 17.7 Å². The molecular weight excluding hydrogens is 500 g/mol. The quantitative estimate of drug-likeness (QED) is 0.558. The number of nitrogens with zero attached hydrogens (tertiary/aromatic N) is 5. The van der Waals surface area contributed by atoms with Crippen LogP contribution in [0.1, 0.15) is 44.7 Å². The molecule has 1 spiro atoms. The number of anilines is 2. The van der Waals surface area contributed by atoms with Crippen LogP contribution in [-0.2, 0) is 10.0 Å². The van der Waals surface area contributed by atoms with E-state index in [0.29, 0.717) is 56.3 Å². The van der Waals surface area contributed by atoms with E-state index >= 15 is 0 Å². The molecule has 37 heavy (non-hydrogen) atoms. The number of fused-ring (bicyclic) bond motifs is 1. The third-order valence-corrected chi connectivity index (χ3v) is 10.7. The van der Waals surface area contributed by atoms with Gasteiger partial charge in [0.25, 0.3) is 5.92 Å². The molecule has 0 radical (unpaired) electrons. The molecule has 1 aliphatic carbocycles. The number of alkyl halides is 2. The molecule has 0 aromatic carbocycles. The van der Waals surface area contributed by atoms with E-state index in [1.807, 2.05) is 13.0 Å². The summed E-state index contributed by atoms with van der Waals surface area (Å²) in [4.78, 5) is 15.5. The summed E-state index contributed by atoms with van der Waals surface area (Å²) < 4.78 is 57.0. The topological polar surface area (TPSA) is 103 Å². The van der Waals surface area contributed by atoms with Gasteiger partial charge in [0, 0.05) is 56.0 Å². The van der Waals surface area contributed by atoms with Crippen LogP contribution in [0.4, 0.5) is 20.5 Å². The van der Waals surface area contributed by atoms with Crippen LogP contribution < -0.4 is 15.5 Å². The van der Waals surface area contributed by atoms with Gasteiger partial charge in [0.15, 0.2) is 5.82 Å². The molecule has 2 N–H and O–H groups in total. The Bertz CT molecular complexity index is 1310. The normalized spacial score (nSPS) is 24.9. The van der Waals surface area contributed by atoms with Gasteiger partial charge in [0.2, 0.25) is 16.0 Å². The molecule has 9 nitrogen and oxygen atoms in total. The molecular formula is C25H35F2N7O2S. The summed E-state index contributed by atoms with van der Waals surface area (Å²) in [6.45, 7) is 5.39. The van der Waals surface area contributed by atoms with E-state index in [0.717, 1.165) is 30.3 Å². The van der Waals surface area contributed by atoms with Gasteiger partial charge in [-0.3, -0.25) is 0 Å². The fourth-order valence-corrected chi connectivity index (χ4v) is 7.54. The largest absolute Gasteiger partial charge is 0.351 e. The standard InChI is InChI=1S/C25H35F2N7O2S/c1-17-11-18-12-29-22(31-19-3-8-34(9-4-19)37(35,36)10-7-23(2)5-6-23)32-20(18)21(30-17)33-15-24(13-28-14-24)25(26,27)16-33/h11-12,19,28H,3-10,13-16H2,1-2H3,(H,29,31,32). The molecule has 2 aromatic heterocycles. The van der Waals surface area contributed by atoms with Crippen molar-refractivity contribution in [2.75, 3.05) is 55.2 Å². The summed E-state index contributed by atoms with van der Waals surface area (Å²) in [6, 6.07) is 1.90. The summed E-state index contributed by atoms with van der Waals surface area (Å²) in [5, 5.41) is 7.11. The van der Waals surface area contributed by atoms with E-state index in [2.05, 4.69) is 27.5 Å². The van der Waals surface area contributed by atoms with Gasteiger partial charge in [-0.25, -0.2) is 36.5 Å². The Labute approximate surface area is 216 Å². The summed E-state index contributed by atoms with van der Waals surface area (Å²) in [7, 11) is -3.24. The van der Waals surface area contributed by atoms with Crippen LogP contribution >= 0.6 is 0 Å². The van der Waals surface area contributed by atoms with Crippen LogP contribution in [0.3, 0.4) is 0 Å². The molecule has 4 aliphatic rings. The second kappa shape index (κ2) is 8.67. The van der Waals surface area contributed by atoms with Crippen molar-refractivity contribution in [1.82, 2.24) is 24.6 Å². The van der Waals surface area contributed by atoms with Crippen LogP contribution in [0.25, 0.3) is 10.9 Å². The number of aryl methyl sites for hydroxylation is 1. The van der Waals surface area contributed by atoms with Crippen LogP contribution in [0.15, 0.2) is 12.3 Å². The van der Waals surface area contributed by atoms with Crippen molar-refractivity contribution < 1.29 is 17.2 Å². The Morgan fingerprint density at radius 2 is 1.89 bits per heavy atom. The van der Waals surface area contributed by atoms with Crippen LogP contribution in [0.5, 0.6) is 0 Å². The maximum absolute atomic E-state index is 14.9. The number of halogens is 2. The second-order valence-corrected chi connectivity index (χ2v) is 13.9. The highest BCUT2D eigenvalue weighted by Crippen LogP contribution is 2.49. The SMILES string of the molecule is Cc1cc2cnc(NC3CCN(S(=O)(=O)CCC4(C)CC4)CC3)nc2c(N2CC(F)(F)C3(CNC3)C2)n1. The molecule has 1 saturated carbocycles. The Morgan fingerprint density at radius 3 is 2.51 bits per heavy atom. The first-order valence-corrected chi connectivity index (χ1v) is 14.8. The molecule has 0 amide bonds. The van der Waals surface area contributed by atoms with Crippen LogP contribution in [0.2, 0.25) is 0 Å². The smallest absolute Gasteiger partial charge is 0.274 e. The van der Waals surface area contributed by atoms with Crippen molar-refractivity contribution in [3.05, 3.63) is 18.0 Å². The predicted molar refractivity (Wildman–Crippen MR) is 138 cm³/mol. The number of pyridine rings is 1. The van der Waals surface area contributed by atoms with Crippen molar-refractivity contribution in [3.8, 4) is 0 Å². The van der Waals surface area contributed by atoms with Gasteiger partial charge < -0.3 is 15.5 Å². The highest BCUT2D eigenvalue weighted by molar-refractivity contribution is 7.89. The zero-order valence-corrected chi connectivity index (χ0v) is 22.3. The number of rotatable bonds is 7. The molecule has 5 heterocycles. The highest BCUT2D eigenvalue weighted by atomic mass is 32.2. The van der Waals surface area contributed by atoms with Crippen molar-refractivity contribution in [2.24, 2.45) is 10.8 Å². The molecule has 0 atom stereocenters. The highest BCUT2D eigenvalue weighted by Gasteiger charge is 2.63. The van der Waals surface area contributed by atoms with Crippen molar-refractivity contribution in [2.45, 2.75) is 57.9 Å². The number of aromatic nitrogens is 3. The Hall–Kier alpha value is -2.18. The lowest BCUT2D eigenvalue weighted by Gasteiger charge is -2.42. The van der Waals surface area contributed by atoms with Gasteiger partial charge in [-0.2, -0.15) is 0 Å². The first-order chi connectivity index (χ1) is 17.5. The van der Waals surface area contributed by atoms with Crippen molar-refractivity contribution in [1.29, 1.82) is 0 Å². The van der Waals surface area contributed by atoms with E-state index < -0.39 is 21.4 Å². The zero-order chi connectivity index (χ0) is 26.1. The maximum Gasteiger partial charge on any atom is 0.274 e. The van der Waals surface area contributed by atoms with E-state index in [9.17, 15) is 17.2 Å². The Kier molecular flexibility index (Phi) is 5.89. The summed E-state index contributed by atoms with van der Waals surface area (Å²) in [5.41, 5.74) is 0.445. The average molecular weight is 536 g/mol. The van der Waals surface area contributed by atoms with Gasteiger partial charge >= 0.3 is 0 Å². The third kappa shape index (κ3) is 4.65. The number of sulfonamides is 1. The minimum atomic E-state index is -3.24. The van der Waals surface area contributed by atoms with Crippen LogP contribution in [0, 0.1) is 17.8 Å². The predicted octanol–water partition coefficient (Wildman–Crippen LogP) is 2.77. The van der Waals surface area contributed by atoms with E-state index in [1.54, 1.807) is 15.4 Å². The molecule has 2 aromatic rings. The fourth-order valence-electron chi connectivity index (χ4n) is 5.76. The lowest BCUT2D eigenvalue weighted by atomic mass is 9.78. The number of piperidine rings is 1. The molecule has 6 rings (SSSR count). The number of hydrogen-bond donors (Lipinski definition) is 2. The summed E-state index contributed by atoms with van der Waals surface area (Å²) in [6.07, 6.45) is 5.99. The van der Waals surface area contributed by atoms with E-state index in [4.69, 9.17) is 4.98 Å². The molecule has 12 heteroatoms. The molecule has 3 saturated heterocycles. The average Bonchev–Trinajstić information content (AvgIpc) is 3.48. The first-order valence-electron chi connectivity index (χ1n) is 13.2. The van der Waals surface area contributed by atoms with Crippen molar-refractivity contribution >= 4 is 32.7 Å². The minimum Gasteiger partial charge on any atom is -0.351 e. The summed E-state index contributed by atoms with van der Waals surface area (Å²) >= 11 is 0. The van der Waals surface area contributed by atoms with Gasteiger partial charge in [0.1, 0.15) is 5.52 Å². The number of hydrogen-bond acceptors (Lipinski definition) is 8. The van der Waals surface area contributed by atoms with Gasteiger partial charge in [-0.15, -0.1) is 0 Å². The minimum absolute atomic E-state index is 0.0344. The van der Waals surface area contributed by atoms with Crippen LogP contribution in [-0.4, -0.2) is 84.7 Å². The van der Waals surface area contributed by atoms with Gasteiger partial charge in [-0.1, -0.05) is 6.92 Å². The van der Waals surface area contributed by atoms with Gasteiger partial charge in [-0.05, 0) is 50.5 Å². The molecule has 0 bridgehead atoms. The second-order valence-electron chi connectivity index (χ2n) is 11.9. The lowest BCUT2D eigenvalue weighted by Crippen LogP contribution is -2.62. The fraction of sp³-hybridized carbons (Fsp3) is 0.720. The van der Waals surface area contributed by atoms with E-state index in [-0.39, 0.29) is 30.3 Å². The molecule has 202 valence electrons. The number of nitrogens with one attached hydrogen (secondary N) is 2. The Morgan fingerprint density at radius 1 is 1.16 bits per heavy atom. The van der Waals surface area contributed by atoms with Crippen molar-refractivity contribution in [3.63, 3.8) is 0 Å².